The van der Waals surface area contributed by atoms with Crippen LogP contribution in [0.3, 0.4) is 0 Å². The highest BCUT2D eigenvalue weighted by atomic mass is 79.9. The number of halogens is 1. The van der Waals surface area contributed by atoms with Crippen LogP contribution in [-0.4, -0.2) is 40.5 Å². The van der Waals surface area contributed by atoms with Gasteiger partial charge in [-0.05, 0) is 33.6 Å². The Morgan fingerprint density at radius 3 is 2.44 bits per heavy atom. The maximum atomic E-state index is 11.1. The quantitative estimate of drug-likeness (QED) is 0.706. The molecular weight excluding hydrogens is 308 g/mol. The van der Waals surface area contributed by atoms with Crippen LogP contribution < -0.4 is 0 Å². The predicted octanol–water partition coefficient (Wildman–Crippen LogP) is 0.715. The zero-order chi connectivity index (χ0) is 13.9. The summed E-state index contributed by atoms with van der Waals surface area (Å²) in [6, 6.07) is 3.97. The minimum absolute atomic E-state index is 0.0800. The van der Waals surface area contributed by atoms with E-state index in [-0.39, 0.29) is 11.1 Å². The van der Waals surface area contributed by atoms with E-state index in [2.05, 4.69) is 20.7 Å². The molecule has 18 heavy (non-hydrogen) atoms. The summed E-state index contributed by atoms with van der Waals surface area (Å²) < 4.78 is 4.61. The smallest absolute Gasteiger partial charge is 0.337 e. The summed E-state index contributed by atoms with van der Waals surface area (Å²) in [4.78, 5) is 21.9. The molecule has 1 rings (SSSR count). The number of carbonyl (C=O) groups excluding carboxylic acids is 1. The van der Waals surface area contributed by atoms with Gasteiger partial charge >= 0.3 is 11.9 Å². The summed E-state index contributed by atoms with van der Waals surface area (Å²) in [6.07, 6.45) is -3.32. The summed E-state index contributed by atoms with van der Waals surface area (Å²) in [6.45, 7) is 0. The fourth-order valence-electron chi connectivity index (χ4n) is 1.32. The van der Waals surface area contributed by atoms with Gasteiger partial charge in [-0.1, -0.05) is 6.07 Å². The molecule has 2 atom stereocenters. The molecule has 6 nitrogen and oxygen atoms in total. The van der Waals surface area contributed by atoms with Crippen molar-refractivity contribution in [2.45, 2.75) is 12.2 Å². The number of aliphatic hydroxyl groups excluding tert-OH is 2. The van der Waals surface area contributed by atoms with Gasteiger partial charge in [0, 0.05) is 4.47 Å². The van der Waals surface area contributed by atoms with Crippen molar-refractivity contribution in [1.29, 1.82) is 0 Å². The lowest BCUT2D eigenvalue weighted by Gasteiger charge is -2.16. The second-order valence-electron chi connectivity index (χ2n) is 3.46. The zero-order valence-corrected chi connectivity index (χ0v) is 10.9. The monoisotopic (exact) mass is 318 g/mol. The molecule has 0 spiro atoms. The Bertz CT molecular complexity index is 473. The highest BCUT2D eigenvalue weighted by Crippen LogP contribution is 2.24. The molecule has 0 bridgehead atoms. The van der Waals surface area contributed by atoms with Gasteiger partial charge in [0.25, 0.3) is 0 Å². The van der Waals surface area contributed by atoms with E-state index in [4.69, 9.17) is 5.11 Å². The molecule has 0 amide bonds. The molecule has 3 N–H and O–H groups in total. The molecule has 0 saturated carbocycles. The van der Waals surface area contributed by atoms with Gasteiger partial charge in [0.2, 0.25) is 0 Å². The van der Waals surface area contributed by atoms with Crippen molar-refractivity contribution in [3.8, 4) is 0 Å². The van der Waals surface area contributed by atoms with Crippen LogP contribution in [0.25, 0.3) is 0 Å². The van der Waals surface area contributed by atoms with Crippen molar-refractivity contribution in [2.24, 2.45) is 0 Å². The van der Waals surface area contributed by atoms with Gasteiger partial charge in [-0.2, -0.15) is 0 Å². The first-order valence-corrected chi connectivity index (χ1v) is 5.64. The van der Waals surface area contributed by atoms with Crippen molar-refractivity contribution in [3.05, 3.63) is 33.8 Å². The molecule has 0 heterocycles. The molecule has 0 aromatic heterocycles. The van der Waals surface area contributed by atoms with Gasteiger partial charge in [-0.3, -0.25) is 0 Å². The van der Waals surface area contributed by atoms with Crippen molar-refractivity contribution < 1.29 is 29.6 Å². The number of rotatable bonds is 4. The Kier molecular flexibility index (Phi) is 4.83. The lowest BCUT2D eigenvalue weighted by Crippen LogP contribution is -2.29. The van der Waals surface area contributed by atoms with E-state index < -0.39 is 24.1 Å². The highest BCUT2D eigenvalue weighted by Gasteiger charge is 2.27. The molecule has 1 aromatic rings. The molecule has 0 aliphatic rings. The maximum absolute atomic E-state index is 11.1. The van der Waals surface area contributed by atoms with Gasteiger partial charge in [-0.15, -0.1) is 0 Å². The second kappa shape index (κ2) is 5.94. The number of esters is 1. The van der Waals surface area contributed by atoms with Crippen LogP contribution in [0.5, 0.6) is 0 Å². The van der Waals surface area contributed by atoms with Crippen molar-refractivity contribution >= 4 is 27.9 Å². The fourth-order valence-corrected chi connectivity index (χ4v) is 1.74. The molecule has 98 valence electrons. The average Bonchev–Trinajstić information content (AvgIpc) is 2.36. The molecule has 2 unspecified atom stereocenters. The molecule has 0 aliphatic carbocycles. The number of benzene rings is 1. The average molecular weight is 319 g/mol. The van der Waals surface area contributed by atoms with E-state index in [1.807, 2.05) is 0 Å². The minimum atomic E-state index is -1.77. The van der Waals surface area contributed by atoms with E-state index >= 15 is 0 Å². The highest BCUT2D eigenvalue weighted by molar-refractivity contribution is 9.10. The Hall–Kier alpha value is -1.44. The number of hydrogen-bond acceptors (Lipinski definition) is 5. The van der Waals surface area contributed by atoms with Crippen LogP contribution in [0.1, 0.15) is 22.0 Å². The Morgan fingerprint density at radius 1 is 1.33 bits per heavy atom. The summed E-state index contributed by atoms with van der Waals surface area (Å²) in [7, 11) is 1.07. The van der Waals surface area contributed by atoms with Gasteiger partial charge in [-0.25, -0.2) is 9.59 Å². The van der Waals surface area contributed by atoms with E-state index in [0.717, 1.165) is 7.11 Å². The van der Waals surface area contributed by atoms with Crippen LogP contribution >= 0.6 is 15.9 Å². The normalized spacial score (nSPS) is 13.8. The number of carboxylic acids is 1. The number of methoxy groups -OCH3 is 1. The summed E-state index contributed by atoms with van der Waals surface area (Å²) in [5.74, 6) is -2.19. The van der Waals surface area contributed by atoms with Crippen LogP contribution in [0.15, 0.2) is 22.7 Å². The summed E-state index contributed by atoms with van der Waals surface area (Å²) in [5.41, 5.74) is 0.0251. The summed E-state index contributed by atoms with van der Waals surface area (Å²) >= 11 is 3.04. The molecule has 0 radical (unpaired) electrons. The van der Waals surface area contributed by atoms with Crippen LogP contribution in [0.4, 0.5) is 0 Å². The minimum Gasteiger partial charge on any atom is -0.478 e. The third-order valence-electron chi connectivity index (χ3n) is 2.30. The number of aromatic carboxylic acids is 1. The van der Waals surface area contributed by atoms with Gasteiger partial charge in [0.05, 0.1) is 12.7 Å². The fraction of sp³-hybridized carbons (Fsp3) is 0.273. The molecule has 7 heteroatoms. The number of carboxylic acid groups (broad SMARTS) is 1. The third-order valence-corrected chi connectivity index (χ3v) is 3.00. The van der Waals surface area contributed by atoms with Gasteiger partial charge < -0.3 is 20.1 Å². The van der Waals surface area contributed by atoms with Crippen molar-refractivity contribution in [3.63, 3.8) is 0 Å². The second-order valence-corrected chi connectivity index (χ2v) is 4.31. The predicted molar refractivity (Wildman–Crippen MR) is 64.1 cm³/mol. The number of hydrogen-bond donors (Lipinski definition) is 3. The Morgan fingerprint density at radius 2 is 1.94 bits per heavy atom. The first kappa shape index (κ1) is 14.6. The SMILES string of the molecule is COC(=O)C(O)C(O)c1ccc(Br)c(C(=O)O)c1. The third kappa shape index (κ3) is 3.06. The van der Waals surface area contributed by atoms with Gasteiger partial charge in [0.1, 0.15) is 6.10 Å². The topological polar surface area (TPSA) is 104 Å². The van der Waals surface area contributed by atoms with E-state index in [9.17, 15) is 19.8 Å². The zero-order valence-electron chi connectivity index (χ0n) is 9.33. The molecule has 0 saturated heterocycles. The number of aliphatic hydroxyl groups is 2. The van der Waals surface area contributed by atoms with Crippen LogP contribution in [0.2, 0.25) is 0 Å². The first-order chi connectivity index (χ1) is 8.38. The van der Waals surface area contributed by atoms with Crippen LogP contribution in [0, 0.1) is 0 Å². The van der Waals surface area contributed by atoms with Crippen molar-refractivity contribution in [2.75, 3.05) is 7.11 Å². The van der Waals surface area contributed by atoms with Crippen molar-refractivity contribution in [1.82, 2.24) is 0 Å². The summed E-state index contributed by atoms with van der Waals surface area (Å²) in [5, 5.41) is 28.1. The molecule has 0 aliphatic heterocycles. The lowest BCUT2D eigenvalue weighted by molar-refractivity contribution is -0.156. The Labute approximate surface area is 111 Å². The number of ether oxygens (including phenoxy) is 1. The molecule has 0 fully saturated rings. The lowest BCUT2D eigenvalue weighted by atomic mass is 10.0. The van der Waals surface area contributed by atoms with Crippen LogP contribution in [-0.2, 0) is 9.53 Å². The standard InChI is InChI=1S/C11H11BrO6/c1-18-11(17)9(14)8(13)5-2-3-7(12)6(4-5)10(15)16/h2-4,8-9,13-14H,1H3,(H,15,16). The van der Waals surface area contributed by atoms with Gasteiger partial charge in [0.15, 0.2) is 6.10 Å². The maximum Gasteiger partial charge on any atom is 0.337 e. The Balaban J connectivity index is 3.07. The number of carbonyl (C=O) groups is 2. The largest absolute Gasteiger partial charge is 0.478 e. The van der Waals surface area contributed by atoms with E-state index in [1.165, 1.54) is 18.2 Å². The molecular formula is C11H11BrO6. The first-order valence-electron chi connectivity index (χ1n) is 4.85. The molecule has 1 aromatic carbocycles. The van der Waals surface area contributed by atoms with E-state index in [1.54, 1.807) is 0 Å². The van der Waals surface area contributed by atoms with E-state index in [0.29, 0.717) is 4.47 Å².